The third-order valence-corrected chi connectivity index (χ3v) is 2.65. The van der Waals surface area contributed by atoms with E-state index in [2.05, 4.69) is 21.2 Å². The second-order valence-corrected chi connectivity index (χ2v) is 4.70. The molecule has 0 radical (unpaired) electrons. The van der Waals surface area contributed by atoms with Crippen LogP contribution in [0.4, 0.5) is 24.5 Å². The van der Waals surface area contributed by atoms with Crippen molar-refractivity contribution < 1.29 is 18.1 Å². The normalized spacial score (nSPS) is 12.2. The smallest absolute Gasteiger partial charge is 0.354 e. The zero-order valence-electron chi connectivity index (χ0n) is 10.1. The summed E-state index contributed by atoms with van der Waals surface area (Å²) in [6.45, 7) is 1.28. The van der Waals surface area contributed by atoms with E-state index in [0.29, 0.717) is 10.5 Å². The predicted molar refractivity (Wildman–Crippen MR) is 72.0 cm³/mol. The highest BCUT2D eigenvalue weighted by atomic mass is 79.9. The lowest BCUT2D eigenvalue weighted by molar-refractivity contribution is -0.384. The SMILES string of the molecule is C/C(=C/C(=N)C(F)(F)F)Nc1ccc(Br)cc1[N+](=O)[O-]. The van der Waals surface area contributed by atoms with Gasteiger partial charge in [0.2, 0.25) is 0 Å². The molecule has 1 aromatic carbocycles. The van der Waals surface area contributed by atoms with Crippen molar-refractivity contribution in [2.45, 2.75) is 13.1 Å². The van der Waals surface area contributed by atoms with Crippen LogP contribution in [0.3, 0.4) is 0 Å². The number of rotatable bonds is 4. The third-order valence-electron chi connectivity index (χ3n) is 2.15. The lowest BCUT2D eigenvalue weighted by Gasteiger charge is -2.09. The summed E-state index contributed by atoms with van der Waals surface area (Å²) in [6.07, 6.45) is -4.19. The Bertz CT molecular complexity index is 585. The van der Waals surface area contributed by atoms with Crippen molar-refractivity contribution >= 4 is 33.0 Å². The van der Waals surface area contributed by atoms with E-state index in [9.17, 15) is 23.3 Å². The Labute approximate surface area is 120 Å². The van der Waals surface area contributed by atoms with E-state index in [0.717, 1.165) is 0 Å². The van der Waals surface area contributed by atoms with Gasteiger partial charge in [0.15, 0.2) is 0 Å². The van der Waals surface area contributed by atoms with Gasteiger partial charge in [-0.1, -0.05) is 15.9 Å². The standard InChI is InChI=1S/C11H9BrF3N3O2/c1-6(4-10(16)11(13,14)15)17-8-3-2-7(12)5-9(8)18(19)20/h2-5,16-17H,1H3/b6-4-,16-10?. The van der Waals surface area contributed by atoms with Crippen LogP contribution in [0.15, 0.2) is 34.4 Å². The van der Waals surface area contributed by atoms with Crippen LogP contribution in [0.2, 0.25) is 0 Å². The first-order valence-electron chi connectivity index (χ1n) is 5.16. The molecule has 0 aliphatic rings. The van der Waals surface area contributed by atoms with E-state index in [1.807, 2.05) is 0 Å². The zero-order chi connectivity index (χ0) is 15.5. The number of hydrogen-bond donors (Lipinski definition) is 2. The third kappa shape index (κ3) is 4.34. The first kappa shape index (κ1) is 16.2. The highest BCUT2D eigenvalue weighted by Gasteiger charge is 2.32. The van der Waals surface area contributed by atoms with Gasteiger partial charge in [-0.2, -0.15) is 13.2 Å². The van der Waals surface area contributed by atoms with Gasteiger partial charge in [0, 0.05) is 16.2 Å². The monoisotopic (exact) mass is 351 g/mol. The predicted octanol–water partition coefficient (Wildman–Crippen LogP) is 4.26. The number of alkyl halides is 3. The molecule has 0 saturated carbocycles. The van der Waals surface area contributed by atoms with Crippen molar-refractivity contribution in [2.24, 2.45) is 0 Å². The fourth-order valence-electron chi connectivity index (χ4n) is 1.31. The summed E-state index contributed by atoms with van der Waals surface area (Å²) in [5, 5.41) is 20.1. The van der Waals surface area contributed by atoms with Crippen LogP contribution < -0.4 is 5.32 Å². The first-order chi connectivity index (χ1) is 9.11. The first-order valence-corrected chi connectivity index (χ1v) is 5.95. The lowest BCUT2D eigenvalue weighted by Crippen LogP contribution is -2.20. The van der Waals surface area contributed by atoms with Gasteiger partial charge >= 0.3 is 6.18 Å². The number of allylic oxidation sites excluding steroid dienone is 2. The Kier molecular flexibility index (Phi) is 4.88. The summed E-state index contributed by atoms with van der Waals surface area (Å²) in [5.74, 6) is 0. The number of nitrogens with zero attached hydrogens (tertiary/aromatic N) is 1. The van der Waals surface area contributed by atoms with Crippen molar-refractivity contribution in [1.82, 2.24) is 0 Å². The summed E-state index contributed by atoms with van der Waals surface area (Å²) in [5.41, 5.74) is -1.81. The summed E-state index contributed by atoms with van der Waals surface area (Å²) >= 11 is 3.07. The van der Waals surface area contributed by atoms with Crippen molar-refractivity contribution in [2.75, 3.05) is 5.32 Å². The number of nitro groups is 1. The van der Waals surface area contributed by atoms with Crippen LogP contribution in [0.5, 0.6) is 0 Å². The van der Waals surface area contributed by atoms with Crippen LogP contribution in [0.25, 0.3) is 0 Å². The molecule has 5 nitrogen and oxygen atoms in total. The van der Waals surface area contributed by atoms with Crippen LogP contribution in [0.1, 0.15) is 6.92 Å². The summed E-state index contributed by atoms with van der Waals surface area (Å²) in [6, 6.07) is 4.10. The highest BCUT2D eigenvalue weighted by Crippen LogP contribution is 2.29. The summed E-state index contributed by atoms with van der Waals surface area (Å²) in [7, 11) is 0. The molecule has 0 amide bonds. The molecule has 0 aromatic heterocycles. The molecule has 0 spiro atoms. The van der Waals surface area contributed by atoms with Crippen LogP contribution in [-0.4, -0.2) is 16.8 Å². The maximum atomic E-state index is 12.2. The minimum atomic E-state index is -4.76. The second kappa shape index (κ2) is 6.04. The van der Waals surface area contributed by atoms with Gasteiger partial charge in [0.25, 0.3) is 5.69 Å². The van der Waals surface area contributed by atoms with Gasteiger partial charge in [-0.15, -0.1) is 0 Å². The molecule has 9 heteroatoms. The lowest BCUT2D eigenvalue weighted by atomic mass is 10.2. The Morgan fingerprint density at radius 1 is 1.50 bits per heavy atom. The Morgan fingerprint density at radius 2 is 2.10 bits per heavy atom. The summed E-state index contributed by atoms with van der Waals surface area (Å²) < 4.78 is 37.1. The van der Waals surface area contributed by atoms with Gasteiger partial charge in [-0.25, -0.2) is 0 Å². The molecular weight excluding hydrogens is 343 g/mol. The molecule has 0 aliphatic carbocycles. The second-order valence-electron chi connectivity index (χ2n) is 3.78. The number of nitrogens with one attached hydrogen (secondary N) is 2. The summed E-state index contributed by atoms with van der Waals surface area (Å²) in [4.78, 5) is 10.2. The molecule has 0 aliphatic heterocycles. The fourth-order valence-corrected chi connectivity index (χ4v) is 1.66. The van der Waals surface area contributed by atoms with Gasteiger partial charge < -0.3 is 5.32 Å². The number of anilines is 1. The number of halogens is 4. The van der Waals surface area contributed by atoms with Crippen LogP contribution >= 0.6 is 15.9 Å². The van der Waals surface area contributed by atoms with Crippen molar-refractivity contribution in [3.63, 3.8) is 0 Å². The minimum Gasteiger partial charge on any atom is -0.354 e. The van der Waals surface area contributed by atoms with Gasteiger partial charge in [-0.05, 0) is 25.1 Å². The van der Waals surface area contributed by atoms with E-state index in [1.54, 1.807) is 0 Å². The molecule has 0 fully saturated rings. The van der Waals surface area contributed by atoms with Crippen molar-refractivity contribution in [1.29, 1.82) is 5.41 Å². The molecular formula is C11H9BrF3N3O2. The molecule has 108 valence electrons. The topological polar surface area (TPSA) is 79.0 Å². The molecule has 2 N–H and O–H groups in total. The van der Waals surface area contributed by atoms with E-state index >= 15 is 0 Å². The van der Waals surface area contributed by atoms with Crippen molar-refractivity contribution in [3.05, 3.63) is 44.6 Å². The Balaban J connectivity index is 3.02. The average Bonchev–Trinajstić information content (AvgIpc) is 2.29. The Hall–Kier alpha value is -1.90. The van der Waals surface area contributed by atoms with E-state index in [-0.39, 0.29) is 17.1 Å². The fraction of sp³-hybridized carbons (Fsp3) is 0.182. The van der Waals surface area contributed by atoms with Crippen LogP contribution in [0, 0.1) is 15.5 Å². The molecule has 1 aromatic rings. The zero-order valence-corrected chi connectivity index (χ0v) is 11.7. The highest BCUT2D eigenvalue weighted by molar-refractivity contribution is 9.10. The average molecular weight is 352 g/mol. The molecule has 0 bridgehead atoms. The van der Waals surface area contributed by atoms with Gasteiger partial charge in [0.05, 0.1) is 4.92 Å². The Morgan fingerprint density at radius 3 is 2.60 bits per heavy atom. The number of hydrogen-bond acceptors (Lipinski definition) is 4. The minimum absolute atomic E-state index is 0.0299. The van der Waals surface area contributed by atoms with Gasteiger partial charge in [-0.3, -0.25) is 15.5 Å². The molecule has 0 unspecified atom stereocenters. The van der Waals surface area contributed by atoms with E-state index < -0.39 is 16.8 Å². The molecule has 0 saturated heterocycles. The molecule has 0 atom stereocenters. The van der Waals surface area contributed by atoms with Crippen molar-refractivity contribution in [3.8, 4) is 0 Å². The number of nitro benzene ring substituents is 1. The maximum Gasteiger partial charge on any atom is 0.432 e. The number of benzene rings is 1. The molecule has 1 rings (SSSR count). The van der Waals surface area contributed by atoms with Gasteiger partial charge in [0.1, 0.15) is 11.4 Å². The quantitative estimate of drug-likeness (QED) is 0.483. The molecule has 0 heterocycles. The molecule has 20 heavy (non-hydrogen) atoms. The largest absolute Gasteiger partial charge is 0.432 e. The van der Waals surface area contributed by atoms with Crippen LogP contribution in [-0.2, 0) is 0 Å². The maximum absolute atomic E-state index is 12.2. The van der Waals surface area contributed by atoms with E-state index in [1.165, 1.54) is 25.1 Å². The van der Waals surface area contributed by atoms with E-state index in [4.69, 9.17) is 5.41 Å².